The summed E-state index contributed by atoms with van der Waals surface area (Å²) in [5.41, 5.74) is 0.796. The molecule has 1 amide bonds. The second kappa shape index (κ2) is 4.20. The van der Waals surface area contributed by atoms with Gasteiger partial charge in [0.2, 0.25) is 5.91 Å². The summed E-state index contributed by atoms with van der Waals surface area (Å²) in [7, 11) is 0. The van der Waals surface area contributed by atoms with Gasteiger partial charge in [0.25, 0.3) is 0 Å². The molecule has 0 radical (unpaired) electrons. The minimum atomic E-state index is -0.841. The molecule has 1 aromatic rings. The van der Waals surface area contributed by atoms with Crippen LogP contribution in [0.5, 0.6) is 0 Å². The van der Waals surface area contributed by atoms with Gasteiger partial charge >= 0.3 is 5.97 Å². The lowest BCUT2D eigenvalue weighted by atomic mass is 9.82. The first-order valence-corrected chi connectivity index (χ1v) is 7.40. The zero-order valence-corrected chi connectivity index (χ0v) is 11.5. The van der Waals surface area contributed by atoms with Gasteiger partial charge < -0.3 is 10.4 Å². The van der Waals surface area contributed by atoms with Crippen LogP contribution in [-0.4, -0.2) is 17.0 Å². The summed E-state index contributed by atoms with van der Waals surface area (Å²) in [4.78, 5) is 24.3. The minimum absolute atomic E-state index is 0.0338. The summed E-state index contributed by atoms with van der Waals surface area (Å²) >= 11 is 0. The van der Waals surface area contributed by atoms with Crippen molar-refractivity contribution in [3.63, 3.8) is 0 Å². The molecular formula is C17H17NO3. The molecule has 3 aliphatic rings. The number of carbonyl (C=O) groups is 2. The molecule has 4 atom stereocenters. The van der Waals surface area contributed by atoms with Gasteiger partial charge in [-0.3, -0.25) is 9.59 Å². The minimum Gasteiger partial charge on any atom is -0.481 e. The number of allylic oxidation sites excluding steroid dienone is 2. The van der Waals surface area contributed by atoms with Crippen molar-refractivity contribution in [1.82, 2.24) is 0 Å². The molecule has 0 unspecified atom stereocenters. The Morgan fingerprint density at radius 2 is 1.67 bits per heavy atom. The van der Waals surface area contributed by atoms with Crippen LogP contribution in [0.1, 0.15) is 12.8 Å². The number of rotatable bonds is 3. The predicted octanol–water partition coefficient (Wildman–Crippen LogP) is 2.54. The second-order valence-electron chi connectivity index (χ2n) is 6.41. The van der Waals surface area contributed by atoms with E-state index in [9.17, 15) is 14.7 Å². The fourth-order valence-corrected chi connectivity index (χ4v) is 4.44. The molecule has 2 N–H and O–H groups in total. The Morgan fingerprint density at radius 3 is 2.24 bits per heavy atom. The van der Waals surface area contributed by atoms with Gasteiger partial charge in [-0.15, -0.1) is 0 Å². The number of amides is 1. The van der Waals surface area contributed by atoms with Crippen LogP contribution in [0.4, 0.5) is 5.69 Å². The lowest BCUT2D eigenvalue weighted by molar-refractivity contribution is -0.146. The standard InChI is InChI=1S/C17H17NO3/c19-15(18-10-4-2-1-3-5-10)13-11-6-7-12(14(13)16(20)21)17(11)8-9-17/h1-7,11-14H,8-9H2,(H,18,19)(H,20,21)/t11-,12+,13-,14+/m1/s1. The molecule has 21 heavy (non-hydrogen) atoms. The lowest BCUT2D eigenvalue weighted by Gasteiger charge is -2.23. The Hall–Kier alpha value is -2.10. The third-order valence-corrected chi connectivity index (χ3v) is 5.47. The highest BCUT2D eigenvalue weighted by molar-refractivity contribution is 5.96. The van der Waals surface area contributed by atoms with E-state index < -0.39 is 17.8 Å². The quantitative estimate of drug-likeness (QED) is 0.838. The third kappa shape index (κ3) is 1.68. The van der Waals surface area contributed by atoms with Gasteiger partial charge in [-0.25, -0.2) is 0 Å². The Balaban J connectivity index is 1.63. The maximum absolute atomic E-state index is 12.6. The molecule has 2 fully saturated rings. The molecule has 2 bridgehead atoms. The monoisotopic (exact) mass is 283 g/mol. The highest BCUT2D eigenvalue weighted by Gasteiger charge is 2.70. The van der Waals surface area contributed by atoms with Crippen LogP contribution < -0.4 is 5.32 Å². The average molecular weight is 283 g/mol. The largest absolute Gasteiger partial charge is 0.481 e. The molecular weight excluding hydrogens is 266 g/mol. The number of benzene rings is 1. The van der Waals surface area contributed by atoms with Crippen molar-refractivity contribution < 1.29 is 14.7 Å². The zero-order valence-electron chi connectivity index (χ0n) is 11.5. The van der Waals surface area contributed by atoms with E-state index in [2.05, 4.69) is 11.4 Å². The number of anilines is 1. The number of carboxylic acid groups (broad SMARTS) is 1. The van der Waals surface area contributed by atoms with Crippen LogP contribution in [-0.2, 0) is 9.59 Å². The molecule has 108 valence electrons. The molecule has 0 heterocycles. The fourth-order valence-electron chi connectivity index (χ4n) is 4.44. The van der Waals surface area contributed by atoms with Crippen molar-refractivity contribution in [2.75, 3.05) is 5.32 Å². The highest BCUT2D eigenvalue weighted by atomic mass is 16.4. The normalized spacial score (nSPS) is 34.1. The van der Waals surface area contributed by atoms with E-state index in [0.717, 1.165) is 18.5 Å². The number of hydrogen-bond donors (Lipinski definition) is 2. The maximum Gasteiger partial charge on any atom is 0.307 e. The van der Waals surface area contributed by atoms with Crippen LogP contribution in [0.3, 0.4) is 0 Å². The molecule has 2 saturated carbocycles. The van der Waals surface area contributed by atoms with Crippen molar-refractivity contribution in [3.05, 3.63) is 42.5 Å². The van der Waals surface area contributed by atoms with Crippen molar-refractivity contribution in [2.45, 2.75) is 12.8 Å². The van der Waals surface area contributed by atoms with Gasteiger partial charge in [0, 0.05) is 5.69 Å². The molecule has 0 aromatic heterocycles. The van der Waals surface area contributed by atoms with Gasteiger partial charge in [0.05, 0.1) is 11.8 Å². The molecule has 4 rings (SSSR count). The van der Waals surface area contributed by atoms with Crippen LogP contribution in [0.15, 0.2) is 42.5 Å². The maximum atomic E-state index is 12.6. The Bertz CT molecular complexity index is 633. The first-order chi connectivity index (χ1) is 10.1. The fraction of sp³-hybridized carbons (Fsp3) is 0.412. The summed E-state index contributed by atoms with van der Waals surface area (Å²) in [5.74, 6) is -1.90. The van der Waals surface area contributed by atoms with E-state index in [0.29, 0.717) is 0 Å². The lowest BCUT2D eigenvalue weighted by Crippen LogP contribution is -2.36. The van der Waals surface area contributed by atoms with Gasteiger partial charge in [0.1, 0.15) is 0 Å². The number of carbonyl (C=O) groups excluding carboxylic acids is 1. The van der Waals surface area contributed by atoms with Crippen LogP contribution >= 0.6 is 0 Å². The first-order valence-electron chi connectivity index (χ1n) is 7.40. The summed E-state index contributed by atoms with van der Waals surface area (Å²) in [6.07, 6.45) is 6.21. The van der Waals surface area contributed by atoms with Gasteiger partial charge in [0.15, 0.2) is 0 Å². The molecule has 0 aliphatic heterocycles. The summed E-state index contributed by atoms with van der Waals surface area (Å²) in [6.45, 7) is 0. The Morgan fingerprint density at radius 1 is 1.05 bits per heavy atom. The smallest absolute Gasteiger partial charge is 0.307 e. The molecule has 3 aliphatic carbocycles. The van der Waals surface area contributed by atoms with Crippen LogP contribution in [0, 0.1) is 29.1 Å². The van der Waals surface area contributed by atoms with Crippen molar-refractivity contribution in [1.29, 1.82) is 0 Å². The zero-order chi connectivity index (χ0) is 14.6. The number of nitrogens with one attached hydrogen (secondary N) is 1. The molecule has 4 nitrogen and oxygen atoms in total. The molecule has 1 aromatic carbocycles. The van der Waals surface area contributed by atoms with Crippen molar-refractivity contribution >= 4 is 17.6 Å². The SMILES string of the molecule is O=C(O)[C@@H]1[C@H](C(=O)Nc2ccccc2)[C@H]2C=C[C@@H]1C21CC1. The number of aliphatic carboxylic acids is 1. The van der Waals surface area contributed by atoms with E-state index in [-0.39, 0.29) is 23.2 Å². The van der Waals surface area contributed by atoms with Gasteiger partial charge in [-0.05, 0) is 42.2 Å². The molecule has 4 heteroatoms. The summed E-state index contributed by atoms with van der Waals surface area (Å²) in [6, 6.07) is 9.24. The average Bonchev–Trinajstić information content (AvgIpc) is 3.13. The second-order valence-corrected chi connectivity index (χ2v) is 6.41. The van der Waals surface area contributed by atoms with E-state index in [1.54, 1.807) is 0 Å². The van der Waals surface area contributed by atoms with Gasteiger partial charge in [-0.2, -0.15) is 0 Å². The highest BCUT2D eigenvalue weighted by Crippen LogP contribution is 2.72. The number of hydrogen-bond acceptors (Lipinski definition) is 2. The van der Waals surface area contributed by atoms with Crippen molar-refractivity contribution in [2.24, 2.45) is 29.1 Å². The molecule has 1 spiro atoms. The van der Waals surface area contributed by atoms with E-state index in [1.165, 1.54) is 0 Å². The van der Waals surface area contributed by atoms with Gasteiger partial charge in [-0.1, -0.05) is 30.4 Å². The van der Waals surface area contributed by atoms with Crippen LogP contribution in [0.2, 0.25) is 0 Å². The Kier molecular flexibility index (Phi) is 2.52. The van der Waals surface area contributed by atoms with E-state index >= 15 is 0 Å². The number of carboxylic acids is 1. The van der Waals surface area contributed by atoms with Crippen LogP contribution in [0.25, 0.3) is 0 Å². The Labute approximate surface area is 122 Å². The summed E-state index contributed by atoms with van der Waals surface area (Å²) < 4.78 is 0. The summed E-state index contributed by atoms with van der Waals surface area (Å²) in [5, 5.41) is 12.4. The predicted molar refractivity (Wildman–Crippen MR) is 77.5 cm³/mol. The number of para-hydroxylation sites is 1. The van der Waals surface area contributed by atoms with E-state index in [4.69, 9.17) is 0 Å². The van der Waals surface area contributed by atoms with E-state index in [1.807, 2.05) is 36.4 Å². The van der Waals surface area contributed by atoms with Crippen molar-refractivity contribution in [3.8, 4) is 0 Å². The topological polar surface area (TPSA) is 66.4 Å². The first kappa shape index (κ1) is 12.6. The molecule has 0 saturated heterocycles. The third-order valence-electron chi connectivity index (χ3n) is 5.47.